The van der Waals surface area contributed by atoms with Crippen LogP contribution < -0.4 is 4.90 Å². The molecule has 0 amide bonds. The van der Waals surface area contributed by atoms with Crippen molar-refractivity contribution in [3.05, 3.63) is 42.5 Å². The summed E-state index contributed by atoms with van der Waals surface area (Å²) in [4.78, 5) is 11.2. The van der Waals surface area contributed by atoms with E-state index in [0.29, 0.717) is 5.92 Å². The van der Waals surface area contributed by atoms with Crippen molar-refractivity contribution in [3.8, 4) is 0 Å². The number of benzene rings is 1. The molecule has 4 nitrogen and oxygen atoms in total. The number of hydrogen-bond acceptors (Lipinski definition) is 4. The molecule has 3 aromatic rings. The monoisotopic (exact) mass is 298 g/mol. The van der Waals surface area contributed by atoms with Gasteiger partial charge in [0.15, 0.2) is 5.13 Å². The molecule has 0 saturated carbocycles. The Bertz CT molecular complexity index is 741. The highest BCUT2D eigenvalue weighted by atomic mass is 32.1. The van der Waals surface area contributed by atoms with Crippen molar-refractivity contribution in [1.29, 1.82) is 0 Å². The topological polar surface area (TPSA) is 34.0 Å². The highest BCUT2D eigenvalue weighted by molar-refractivity contribution is 7.22. The van der Waals surface area contributed by atoms with Gasteiger partial charge in [0.25, 0.3) is 0 Å². The fourth-order valence-electron chi connectivity index (χ4n) is 2.85. The molecular weight excluding hydrogens is 280 g/mol. The maximum absolute atomic E-state index is 4.77. The van der Waals surface area contributed by atoms with E-state index in [1.54, 1.807) is 0 Å². The van der Waals surface area contributed by atoms with Gasteiger partial charge >= 0.3 is 0 Å². The minimum absolute atomic E-state index is 0.706. The van der Waals surface area contributed by atoms with Crippen LogP contribution >= 0.6 is 11.3 Å². The molecule has 0 aliphatic carbocycles. The zero-order valence-electron chi connectivity index (χ0n) is 12.1. The number of anilines is 1. The first-order chi connectivity index (χ1) is 10.3. The molecule has 4 rings (SSSR count). The molecule has 0 atom stereocenters. The molecule has 108 valence electrons. The quantitative estimate of drug-likeness (QED) is 0.742. The van der Waals surface area contributed by atoms with Crippen molar-refractivity contribution >= 4 is 26.7 Å². The first kappa shape index (κ1) is 12.8. The maximum atomic E-state index is 4.77. The Hall–Kier alpha value is -1.88. The third-order valence-corrected chi connectivity index (χ3v) is 5.18. The van der Waals surface area contributed by atoms with Crippen molar-refractivity contribution in [1.82, 2.24) is 14.5 Å². The van der Waals surface area contributed by atoms with Gasteiger partial charge in [-0.05, 0) is 24.1 Å². The zero-order valence-corrected chi connectivity index (χ0v) is 12.9. The Morgan fingerprint density at radius 1 is 1.33 bits per heavy atom. The van der Waals surface area contributed by atoms with Gasteiger partial charge in [0.1, 0.15) is 0 Å². The Morgan fingerprint density at radius 2 is 2.24 bits per heavy atom. The van der Waals surface area contributed by atoms with E-state index in [9.17, 15) is 0 Å². The predicted molar refractivity (Wildman–Crippen MR) is 86.9 cm³/mol. The van der Waals surface area contributed by atoms with Crippen LogP contribution in [0, 0.1) is 5.92 Å². The third kappa shape index (κ3) is 2.42. The second kappa shape index (κ2) is 5.15. The summed E-state index contributed by atoms with van der Waals surface area (Å²) in [5.41, 5.74) is 2.52. The van der Waals surface area contributed by atoms with E-state index < -0.39 is 0 Å². The maximum Gasteiger partial charge on any atom is 0.186 e. The molecule has 0 bridgehead atoms. The highest BCUT2D eigenvalue weighted by Gasteiger charge is 2.29. The number of rotatable bonds is 4. The molecule has 1 aliphatic heterocycles. The summed E-state index contributed by atoms with van der Waals surface area (Å²) in [5, 5.41) is 1.17. The average molecular weight is 298 g/mol. The van der Waals surface area contributed by atoms with E-state index in [0.717, 1.165) is 31.6 Å². The third-order valence-electron chi connectivity index (χ3n) is 4.11. The number of nitrogens with zero attached hydrogens (tertiary/aromatic N) is 4. The van der Waals surface area contributed by atoms with Crippen LogP contribution in [0.15, 0.2) is 36.9 Å². The highest BCUT2D eigenvalue weighted by Crippen LogP contribution is 2.33. The number of aryl methyl sites for hydroxylation is 1. The van der Waals surface area contributed by atoms with Gasteiger partial charge < -0.3 is 9.47 Å². The lowest BCUT2D eigenvalue weighted by Crippen LogP contribution is -2.48. The summed E-state index contributed by atoms with van der Waals surface area (Å²) >= 11 is 1.82. The molecule has 3 heterocycles. The molecule has 1 aliphatic rings. The van der Waals surface area contributed by atoms with Crippen LogP contribution in [0.2, 0.25) is 0 Å². The second-order valence-electron chi connectivity index (χ2n) is 5.68. The second-order valence-corrected chi connectivity index (χ2v) is 6.69. The number of thiazole rings is 1. The Balaban J connectivity index is 1.46. The number of hydrogen-bond donors (Lipinski definition) is 0. The molecule has 21 heavy (non-hydrogen) atoms. The van der Waals surface area contributed by atoms with Gasteiger partial charge in [-0.25, -0.2) is 9.97 Å². The van der Waals surface area contributed by atoms with Crippen LogP contribution in [0.1, 0.15) is 12.5 Å². The van der Waals surface area contributed by atoms with Crippen LogP contribution in [0.5, 0.6) is 0 Å². The molecular formula is C16H18N4S. The van der Waals surface area contributed by atoms with Crippen molar-refractivity contribution in [2.75, 3.05) is 18.0 Å². The number of imidazole rings is 1. The van der Waals surface area contributed by atoms with Crippen molar-refractivity contribution < 1.29 is 0 Å². The molecule has 0 N–H and O–H groups in total. The Kier molecular flexibility index (Phi) is 3.15. The van der Waals surface area contributed by atoms with Crippen LogP contribution in [-0.2, 0) is 13.0 Å². The van der Waals surface area contributed by atoms with E-state index in [4.69, 9.17) is 4.98 Å². The summed E-state index contributed by atoms with van der Waals surface area (Å²) in [7, 11) is 0. The molecule has 1 aromatic carbocycles. The van der Waals surface area contributed by atoms with Crippen LogP contribution in [0.25, 0.3) is 10.2 Å². The molecule has 0 unspecified atom stereocenters. The van der Waals surface area contributed by atoms with E-state index in [1.165, 1.54) is 15.4 Å². The number of aromatic nitrogens is 3. The van der Waals surface area contributed by atoms with Crippen molar-refractivity contribution in [2.24, 2.45) is 5.92 Å². The predicted octanol–water partition coefficient (Wildman–Crippen LogP) is 3.19. The lowest BCUT2D eigenvalue weighted by molar-refractivity contribution is 0.357. The summed E-state index contributed by atoms with van der Waals surface area (Å²) < 4.78 is 3.47. The zero-order chi connectivity index (χ0) is 14.2. The Morgan fingerprint density at radius 3 is 3.00 bits per heavy atom. The SMILES string of the molecule is CCc1ccc2nc(N3CC(Cn4ccnc4)C3)sc2c1. The van der Waals surface area contributed by atoms with Gasteiger partial charge in [-0.3, -0.25) is 0 Å². The van der Waals surface area contributed by atoms with Gasteiger partial charge in [-0.1, -0.05) is 24.3 Å². The lowest BCUT2D eigenvalue weighted by Gasteiger charge is -2.39. The van der Waals surface area contributed by atoms with E-state index in [-0.39, 0.29) is 0 Å². The molecule has 2 aromatic heterocycles. The van der Waals surface area contributed by atoms with Gasteiger partial charge in [-0.15, -0.1) is 0 Å². The van der Waals surface area contributed by atoms with Crippen LogP contribution in [-0.4, -0.2) is 27.6 Å². The minimum Gasteiger partial charge on any atom is -0.347 e. The van der Waals surface area contributed by atoms with Crippen LogP contribution in [0.3, 0.4) is 0 Å². The van der Waals surface area contributed by atoms with Gasteiger partial charge in [-0.2, -0.15) is 0 Å². The van der Waals surface area contributed by atoms with Crippen molar-refractivity contribution in [3.63, 3.8) is 0 Å². The molecule has 0 spiro atoms. The molecule has 1 saturated heterocycles. The summed E-state index contributed by atoms with van der Waals surface area (Å²) in [6.07, 6.45) is 6.86. The number of fused-ring (bicyclic) bond motifs is 1. The van der Waals surface area contributed by atoms with E-state index in [2.05, 4.69) is 39.6 Å². The lowest BCUT2D eigenvalue weighted by atomic mass is 10.0. The van der Waals surface area contributed by atoms with E-state index in [1.807, 2.05) is 30.1 Å². The molecule has 5 heteroatoms. The summed E-state index contributed by atoms with van der Waals surface area (Å²) in [6.45, 7) is 5.44. The summed E-state index contributed by atoms with van der Waals surface area (Å²) in [6, 6.07) is 6.61. The fourth-order valence-corrected chi connectivity index (χ4v) is 3.89. The van der Waals surface area contributed by atoms with Gasteiger partial charge in [0, 0.05) is 37.9 Å². The van der Waals surface area contributed by atoms with Crippen molar-refractivity contribution in [2.45, 2.75) is 19.9 Å². The smallest absolute Gasteiger partial charge is 0.186 e. The normalized spacial score (nSPS) is 15.6. The largest absolute Gasteiger partial charge is 0.347 e. The van der Waals surface area contributed by atoms with Crippen LogP contribution in [0.4, 0.5) is 5.13 Å². The minimum atomic E-state index is 0.706. The summed E-state index contributed by atoms with van der Waals surface area (Å²) in [5.74, 6) is 0.706. The Labute approximate surface area is 128 Å². The first-order valence-corrected chi connectivity index (χ1v) is 8.23. The first-order valence-electron chi connectivity index (χ1n) is 7.42. The van der Waals surface area contributed by atoms with Gasteiger partial charge in [0.2, 0.25) is 0 Å². The average Bonchev–Trinajstić information content (AvgIpc) is 3.10. The van der Waals surface area contributed by atoms with E-state index >= 15 is 0 Å². The standard InChI is InChI=1S/C16H18N4S/c1-2-12-3-4-14-15(7-12)21-16(18-14)20-9-13(10-20)8-19-6-5-17-11-19/h3-7,11,13H,2,8-10H2,1H3. The molecule has 1 fully saturated rings. The van der Waals surface area contributed by atoms with Gasteiger partial charge in [0.05, 0.1) is 16.5 Å². The molecule has 0 radical (unpaired) electrons. The fraction of sp³-hybridized carbons (Fsp3) is 0.375.